The van der Waals surface area contributed by atoms with Crippen LogP contribution in [0.25, 0.3) is 0 Å². The van der Waals surface area contributed by atoms with Crippen molar-refractivity contribution >= 4 is 11.9 Å². The van der Waals surface area contributed by atoms with Crippen LogP contribution >= 0.6 is 0 Å². The number of hydrogen-bond donors (Lipinski definition) is 3. The first-order valence-electron chi connectivity index (χ1n) is 7.63. The van der Waals surface area contributed by atoms with Crippen LogP contribution in [-0.4, -0.2) is 51.8 Å². The predicted molar refractivity (Wildman–Crippen MR) is 89.2 cm³/mol. The molecular weight excluding hydrogens is 280 g/mol. The monoisotopic (exact) mass is 306 g/mol. The maximum absolute atomic E-state index is 11.8. The van der Waals surface area contributed by atoms with E-state index in [-0.39, 0.29) is 5.91 Å². The van der Waals surface area contributed by atoms with Gasteiger partial charge in [0.2, 0.25) is 0 Å². The molecule has 22 heavy (non-hydrogen) atoms. The number of carbonyl (C=O) groups excluding carboxylic acids is 1. The Balaban J connectivity index is 2.10. The lowest BCUT2D eigenvalue weighted by Crippen LogP contribution is -2.40. The Kier molecular flexibility index (Phi) is 9.45. The Morgan fingerprint density at radius 2 is 1.77 bits per heavy atom. The average molecular weight is 306 g/mol. The third-order valence-electron chi connectivity index (χ3n) is 2.93. The van der Waals surface area contributed by atoms with Gasteiger partial charge in [0, 0.05) is 38.9 Å². The molecule has 0 aliphatic rings. The Morgan fingerprint density at radius 1 is 1.09 bits per heavy atom. The molecule has 122 valence electrons. The van der Waals surface area contributed by atoms with Crippen molar-refractivity contribution in [3.63, 3.8) is 0 Å². The number of rotatable bonds is 9. The molecule has 1 rings (SSSR count). The molecule has 6 heteroatoms. The van der Waals surface area contributed by atoms with E-state index in [2.05, 4.69) is 20.9 Å². The van der Waals surface area contributed by atoms with E-state index in [1.54, 1.807) is 19.2 Å². The molecule has 1 aromatic carbocycles. The molecule has 0 saturated heterocycles. The zero-order valence-corrected chi connectivity index (χ0v) is 13.4. The molecule has 0 aromatic heterocycles. The highest BCUT2D eigenvalue weighted by molar-refractivity contribution is 5.94. The number of nitrogens with one attached hydrogen (secondary N) is 3. The normalized spacial score (nSPS) is 11.1. The standard InChI is InChI=1S/C16H26N4O2/c1-3-22-13-12-20-16(17-2)19-11-7-10-18-15(21)14-8-5-4-6-9-14/h4-6,8-9H,3,7,10-13H2,1-2H3,(H,18,21)(H2,17,19,20). The van der Waals surface area contributed by atoms with E-state index >= 15 is 0 Å². The van der Waals surface area contributed by atoms with Gasteiger partial charge in [-0.25, -0.2) is 0 Å². The summed E-state index contributed by atoms with van der Waals surface area (Å²) < 4.78 is 5.25. The molecule has 1 amide bonds. The second-order valence-electron chi connectivity index (χ2n) is 4.60. The molecule has 3 N–H and O–H groups in total. The summed E-state index contributed by atoms with van der Waals surface area (Å²) in [6, 6.07) is 9.21. The van der Waals surface area contributed by atoms with Crippen molar-refractivity contribution in [1.29, 1.82) is 0 Å². The largest absolute Gasteiger partial charge is 0.380 e. The molecule has 0 heterocycles. The lowest BCUT2D eigenvalue weighted by Gasteiger charge is -2.12. The number of benzene rings is 1. The number of ether oxygens (including phenoxy) is 1. The summed E-state index contributed by atoms with van der Waals surface area (Å²) >= 11 is 0. The van der Waals surface area contributed by atoms with Crippen molar-refractivity contribution in [3.05, 3.63) is 35.9 Å². The minimum atomic E-state index is -0.0418. The molecule has 0 aliphatic carbocycles. The van der Waals surface area contributed by atoms with Crippen molar-refractivity contribution in [2.45, 2.75) is 13.3 Å². The van der Waals surface area contributed by atoms with Crippen LogP contribution in [-0.2, 0) is 4.74 Å². The number of nitrogens with zero attached hydrogens (tertiary/aromatic N) is 1. The third kappa shape index (κ3) is 7.64. The molecule has 0 unspecified atom stereocenters. The zero-order valence-electron chi connectivity index (χ0n) is 13.4. The van der Waals surface area contributed by atoms with Crippen molar-refractivity contribution in [1.82, 2.24) is 16.0 Å². The topological polar surface area (TPSA) is 74.8 Å². The molecule has 0 bridgehead atoms. The fourth-order valence-electron chi connectivity index (χ4n) is 1.80. The van der Waals surface area contributed by atoms with Crippen molar-refractivity contribution < 1.29 is 9.53 Å². The lowest BCUT2D eigenvalue weighted by atomic mass is 10.2. The van der Waals surface area contributed by atoms with Gasteiger partial charge in [0.1, 0.15) is 0 Å². The highest BCUT2D eigenvalue weighted by atomic mass is 16.5. The van der Waals surface area contributed by atoms with Gasteiger partial charge in [-0.3, -0.25) is 9.79 Å². The van der Waals surface area contributed by atoms with Crippen LogP contribution in [0.2, 0.25) is 0 Å². The molecule has 0 aliphatic heterocycles. The smallest absolute Gasteiger partial charge is 0.251 e. The fraction of sp³-hybridized carbons (Fsp3) is 0.500. The second kappa shape index (κ2) is 11.6. The Morgan fingerprint density at radius 3 is 2.45 bits per heavy atom. The number of carbonyl (C=O) groups is 1. The maximum Gasteiger partial charge on any atom is 0.251 e. The van der Waals surface area contributed by atoms with Gasteiger partial charge < -0.3 is 20.7 Å². The first kappa shape index (κ1) is 18.0. The van der Waals surface area contributed by atoms with Gasteiger partial charge in [0.05, 0.1) is 6.61 Å². The molecular formula is C16H26N4O2. The molecule has 0 saturated carbocycles. The number of amides is 1. The van der Waals surface area contributed by atoms with Crippen LogP contribution in [0.5, 0.6) is 0 Å². The Bertz CT molecular complexity index is 449. The van der Waals surface area contributed by atoms with Crippen LogP contribution in [0.1, 0.15) is 23.7 Å². The first-order valence-corrected chi connectivity index (χ1v) is 7.63. The number of guanidine groups is 1. The summed E-state index contributed by atoms with van der Waals surface area (Å²) in [5.74, 6) is 0.703. The van der Waals surface area contributed by atoms with Gasteiger partial charge in [-0.15, -0.1) is 0 Å². The van der Waals surface area contributed by atoms with Gasteiger partial charge in [0.25, 0.3) is 5.91 Å². The van der Waals surface area contributed by atoms with E-state index in [1.165, 1.54) is 0 Å². The average Bonchev–Trinajstić information content (AvgIpc) is 2.57. The maximum atomic E-state index is 11.8. The summed E-state index contributed by atoms with van der Waals surface area (Å²) in [4.78, 5) is 15.9. The van der Waals surface area contributed by atoms with Crippen molar-refractivity contribution in [2.24, 2.45) is 4.99 Å². The highest BCUT2D eigenvalue weighted by Crippen LogP contribution is 1.97. The van der Waals surface area contributed by atoms with Gasteiger partial charge in [-0.05, 0) is 25.5 Å². The molecule has 6 nitrogen and oxygen atoms in total. The van der Waals surface area contributed by atoms with E-state index < -0.39 is 0 Å². The van der Waals surface area contributed by atoms with E-state index in [9.17, 15) is 4.79 Å². The van der Waals surface area contributed by atoms with Crippen LogP contribution in [0.3, 0.4) is 0 Å². The van der Waals surface area contributed by atoms with Crippen LogP contribution in [0.15, 0.2) is 35.3 Å². The fourth-order valence-corrected chi connectivity index (χ4v) is 1.80. The summed E-state index contributed by atoms with van der Waals surface area (Å²) in [6.45, 7) is 5.42. The lowest BCUT2D eigenvalue weighted by molar-refractivity contribution is 0.0953. The quantitative estimate of drug-likeness (QED) is 0.362. The molecule has 0 fully saturated rings. The Labute approximate surface area is 132 Å². The summed E-state index contributed by atoms with van der Waals surface area (Å²) in [5.41, 5.74) is 0.684. The summed E-state index contributed by atoms with van der Waals surface area (Å²) in [6.07, 6.45) is 0.824. The van der Waals surface area contributed by atoms with E-state index in [1.807, 2.05) is 25.1 Å². The third-order valence-corrected chi connectivity index (χ3v) is 2.93. The van der Waals surface area contributed by atoms with Gasteiger partial charge >= 0.3 is 0 Å². The van der Waals surface area contributed by atoms with Crippen molar-refractivity contribution in [2.75, 3.05) is 39.9 Å². The SMILES string of the molecule is CCOCCNC(=NC)NCCCNC(=O)c1ccccc1. The number of aliphatic imine (C=N–C) groups is 1. The van der Waals surface area contributed by atoms with Gasteiger partial charge in [0.15, 0.2) is 5.96 Å². The van der Waals surface area contributed by atoms with Crippen LogP contribution in [0.4, 0.5) is 0 Å². The van der Waals surface area contributed by atoms with Crippen molar-refractivity contribution in [3.8, 4) is 0 Å². The van der Waals surface area contributed by atoms with E-state index in [4.69, 9.17) is 4.74 Å². The minimum Gasteiger partial charge on any atom is -0.380 e. The second-order valence-corrected chi connectivity index (χ2v) is 4.60. The highest BCUT2D eigenvalue weighted by Gasteiger charge is 2.02. The van der Waals surface area contributed by atoms with Gasteiger partial charge in [-0.2, -0.15) is 0 Å². The molecule has 0 spiro atoms. The van der Waals surface area contributed by atoms with Crippen LogP contribution in [0, 0.1) is 0 Å². The summed E-state index contributed by atoms with van der Waals surface area (Å²) in [7, 11) is 1.73. The molecule has 0 atom stereocenters. The van der Waals surface area contributed by atoms with E-state index in [0.29, 0.717) is 18.7 Å². The Hall–Kier alpha value is -2.08. The zero-order chi connectivity index (χ0) is 16.0. The first-order chi connectivity index (χ1) is 10.8. The molecule has 0 radical (unpaired) electrons. The minimum absolute atomic E-state index is 0.0418. The molecule has 1 aromatic rings. The predicted octanol–water partition coefficient (Wildman–Crippen LogP) is 1.01. The number of hydrogen-bond acceptors (Lipinski definition) is 3. The van der Waals surface area contributed by atoms with Gasteiger partial charge in [-0.1, -0.05) is 18.2 Å². The summed E-state index contributed by atoms with van der Waals surface area (Å²) in [5, 5.41) is 9.24. The van der Waals surface area contributed by atoms with E-state index in [0.717, 1.165) is 32.1 Å². The van der Waals surface area contributed by atoms with Crippen LogP contribution < -0.4 is 16.0 Å².